The van der Waals surface area contributed by atoms with E-state index in [4.69, 9.17) is 0 Å². The second-order valence-corrected chi connectivity index (χ2v) is 7.63. The first-order chi connectivity index (χ1) is 11.4. The molecule has 0 atom stereocenters. The fraction of sp³-hybridized carbons (Fsp3) is 0.312. The molecule has 0 amide bonds. The second-order valence-electron chi connectivity index (χ2n) is 5.45. The summed E-state index contributed by atoms with van der Waals surface area (Å²) in [5.41, 5.74) is 2.36. The number of hydrogen-bond donors (Lipinski definition) is 0. The Balaban J connectivity index is 1.37. The fourth-order valence-corrected chi connectivity index (χ4v) is 4.46. The van der Waals surface area contributed by atoms with Crippen LogP contribution >= 0.6 is 23.1 Å². The van der Waals surface area contributed by atoms with E-state index in [-0.39, 0.29) is 0 Å². The van der Waals surface area contributed by atoms with Crippen LogP contribution in [-0.2, 0) is 5.75 Å². The Kier molecular flexibility index (Phi) is 4.30. The van der Waals surface area contributed by atoms with Crippen LogP contribution in [0.25, 0.3) is 5.69 Å². The highest BCUT2D eigenvalue weighted by atomic mass is 32.2. The molecule has 0 bridgehead atoms. The Labute approximate surface area is 143 Å². The molecule has 0 aliphatic carbocycles. The molecule has 0 saturated carbocycles. The summed E-state index contributed by atoms with van der Waals surface area (Å²) in [5.74, 6) is 0.911. The van der Waals surface area contributed by atoms with Gasteiger partial charge in [0.25, 0.3) is 0 Å². The summed E-state index contributed by atoms with van der Waals surface area (Å²) in [6, 6.07) is 10.4. The quantitative estimate of drug-likeness (QED) is 0.662. The van der Waals surface area contributed by atoms with Crippen molar-refractivity contribution in [3.05, 3.63) is 48.3 Å². The van der Waals surface area contributed by atoms with Gasteiger partial charge in [0, 0.05) is 31.2 Å². The molecule has 23 heavy (non-hydrogen) atoms. The molecule has 4 rings (SSSR count). The number of thioether (sulfide) groups is 1. The highest BCUT2D eigenvalue weighted by Crippen LogP contribution is 2.31. The predicted molar refractivity (Wildman–Crippen MR) is 94.5 cm³/mol. The van der Waals surface area contributed by atoms with Gasteiger partial charge in [-0.05, 0) is 36.6 Å². The third-order valence-corrected chi connectivity index (χ3v) is 6.03. The summed E-state index contributed by atoms with van der Waals surface area (Å²) in [6.45, 7) is 2.24. The maximum Gasteiger partial charge on any atom is 0.209 e. The first kappa shape index (κ1) is 14.7. The molecular weight excluding hydrogens is 326 g/mol. The molecule has 118 valence electrons. The summed E-state index contributed by atoms with van der Waals surface area (Å²) < 4.78 is 2.91. The van der Waals surface area contributed by atoms with Gasteiger partial charge in [0.2, 0.25) is 5.13 Å². The molecule has 1 aliphatic rings. The van der Waals surface area contributed by atoms with E-state index in [1.54, 1.807) is 29.3 Å². The van der Waals surface area contributed by atoms with Crippen LogP contribution < -0.4 is 4.90 Å². The van der Waals surface area contributed by atoms with E-state index in [0.29, 0.717) is 0 Å². The number of rotatable bonds is 5. The molecular formula is C16H17N5S2. The Bertz CT molecular complexity index is 745. The molecule has 3 aromatic rings. The van der Waals surface area contributed by atoms with E-state index in [1.807, 2.05) is 16.9 Å². The number of benzene rings is 1. The lowest BCUT2D eigenvalue weighted by molar-refractivity contribution is 0.880. The third-order valence-electron chi connectivity index (χ3n) is 3.84. The van der Waals surface area contributed by atoms with Crippen molar-refractivity contribution in [3.8, 4) is 5.69 Å². The summed E-state index contributed by atoms with van der Waals surface area (Å²) >= 11 is 3.46. The fourth-order valence-electron chi connectivity index (χ4n) is 2.61. The molecule has 1 aromatic carbocycles. The van der Waals surface area contributed by atoms with Gasteiger partial charge in [-0.1, -0.05) is 35.2 Å². The summed E-state index contributed by atoms with van der Waals surface area (Å²) in [5, 5.41) is 13.9. The minimum atomic E-state index is 0.911. The first-order valence-corrected chi connectivity index (χ1v) is 9.49. The molecule has 3 heterocycles. The Hall–Kier alpha value is -1.86. The molecule has 0 N–H and O–H groups in total. The molecule has 1 aliphatic heterocycles. The van der Waals surface area contributed by atoms with Crippen molar-refractivity contribution < 1.29 is 0 Å². The van der Waals surface area contributed by atoms with Crippen LogP contribution in [0.5, 0.6) is 0 Å². The van der Waals surface area contributed by atoms with Gasteiger partial charge in [-0.3, -0.25) is 0 Å². The van der Waals surface area contributed by atoms with Gasteiger partial charge < -0.3 is 4.90 Å². The molecule has 0 spiro atoms. The minimum Gasteiger partial charge on any atom is -0.347 e. The standard InChI is InChI=1S/C16H17N5S2/c1-2-10-20(9-1)15-18-19-16(23-15)22-12-13-4-6-14(7-5-13)21-11-3-8-17-21/h3-8,11H,1-2,9-10,12H2. The van der Waals surface area contributed by atoms with Crippen molar-refractivity contribution >= 4 is 28.2 Å². The Morgan fingerprint density at radius 2 is 1.91 bits per heavy atom. The molecule has 7 heteroatoms. The zero-order chi connectivity index (χ0) is 15.5. The SMILES string of the molecule is c1cnn(-c2ccc(CSc3nnc(N4CCCC4)s3)cc2)c1. The minimum absolute atomic E-state index is 0.911. The van der Waals surface area contributed by atoms with Gasteiger partial charge in [-0.25, -0.2) is 4.68 Å². The van der Waals surface area contributed by atoms with Gasteiger partial charge in [-0.2, -0.15) is 5.10 Å². The molecule has 1 saturated heterocycles. The zero-order valence-corrected chi connectivity index (χ0v) is 14.3. The van der Waals surface area contributed by atoms with Crippen LogP contribution in [-0.4, -0.2) is 33.1 Å². The van der Waals surface area contributed by atoms with Crippen molar-refractivity contribution in [2.45, 2.75) is 22.9 Å². The smallest absolute Gasteiger partial charge is 0.209 e. The Morgan fingerprint density at radius 3 is 2.65 bits per heavy atom. The summed E-state index contributed by atoms with van der Waals surface area (Å²) in [6.07, 6.45) is 6.28. The third kappa shape index (κ3) is 3.40. The Morgan fingerprint density at radius 1 is 1.09 bits per heavy atom. The second kappa shape index (κ2) is 6.72. The van der Waals surface area contributed by atoms with Crippen molar-refractivity contribution in [2.24, 2.45) is 0 Å². The maximum atomic E-state index is 4.32. The van der Waals surface area contributed by atoms with E-state index in [0.717, 1.165) is 34.0 Å². The van der Waals surface area contributed by atoms with Crippen LogP contribution in [0.4, 0.5) is 5.13 Å². The van der Waals surface area contributed by atoms with Gasteiger partial charge >= 0.3 is 0 Å². The lowest BCUT2D eigenvalue weighted by atomic mass is 10.2. The van der Waals surface area contributed by atoms with Gasteiger partial charge in [0.15, 0.2) is 4.34 Å². The molecule has 0 unspecified atom stereocenters. The van der Waals surface area contributed by atoms with Crippen molar-refractivity contribution in [1.29, 1.82) is 0 Å². The number of anilines is 1. The molecule has 1 fully saturated rings. The topological polar surface area (TPSA) is 46.8 Å². The van der Waals surface area contributed by atoms with Gasteiger partial charge in [0.1, 0.15) is 0 Å². The van der Waals surface area contributed by atoms with Gasteiger partial charge in [-0.15, -0.1) is 10.2 Å². The van der Waals surface area contributed by atoms with Crippen LogP contribution in [0.1, 0.15) is 18.4 Å². The normalized spacial score (nSPS) is 14.5. The van der Waals surface area contributed by atoms with Crippen LogP contribution in [0.3, 0.4) is 0 Å². The number of hydrogen-bond acceptors (Lipinski definition) is 6. The van der Waals surface area contributed by atoms with Crippen molar-refractivity contribution in [1.82, 2.24) is 20.0 Å². The largest absolute Gasteiger partial charge is 0.347 e. The average molecular weight is 343 g/mol. The highest BCUT2D eigenvalue weighted by Gasteiger charge is 2.16. The first-order valence-electron chi connectivity index (χ1n) is 7.69. The van der Waals surface area contributed by atoms with E-state index >= 15 is 0 Å². The molecule has 5 nitrogen and oxygen atoms in total. The maximum absolute atomic E-state index is 4.32. The van der Waals surface area contributed by atoms with E-state index in [1.165, 1.54) is 18.4 Å². The van der Waals surface area contributed by atoms with Crippen molar-refractivity contribution in [3.63, 3.8) is 0 Å². The predicted octanol–water partition coefficient (Wildman–Crippen LogP) is 3.62. The molecule has 0 radical (unpaired) electrons. The zero-order valence-electron chi connectivity index (χ0n) is 12.6. The van der Waals surface area contributed by atoms with E-state index in [2.05, 4.69) is 44.5 Å². The lowest BCUT2D eigenvalue weighted by Gasteiger charge is -2.10. The van der Waals surface area contributed by atoms with Gasteiger partial charge in [0.05, 0.1) is 5.69 Å². The number of nitrogens with zero attached hydrogens (tertiary/aromatic N) is 5. The van der Waals surface area contributed by atoms with Crippen molar-refractivity contribution in [2.75, 3.05) is 18.0 Å². The highest BCUT2D eigenvalue weighted by molar-refractivity contribution is 8.00. The lowest BCUT2D eigenvalue weighted by Crippen LogP contribution is -2.17. The monoisotopic (exact) mass is 343 g/mol. The van der Waals surface area contributed by atoms with Crippen LogP contribution in [0.15, 0.2) is 47.1 Å². The number of aromatic nitrogens is 4. The van der Waals surface area contributed by atoms with Crippen LogP contribution in [0.2, 0.25) is 0 Å². The summed E-state index contributed by atoms with van der Waals surface area (Å²) in [4.78, 5) is 2.33. The van der Waals surface area contributed by atoms with E-state index in [9.17, 15) is 0 Å². The average Bonchev–Trinajstić information content (AvgIpc) is 3.35. The van der Waals surface area contributed by atoms with Crippen LogP contribution in [0, 0.1) is 0 Å². The van der Waals surface area contributed by atoms with E-state index < -0.39 is 0 Å². The summed E-state index contributed by atoms with van der Waals surface area (Å²) in [7, 11) is 0. The molecule has 2 aromatic heterocycles.